The molecule has 0 aromatic carbocycles. The van der Waals surface area contributed by atoms with Crippen LogP contribution < -0.4 is 9.80 Å². The molecule has 3 N–H and O–H groups in total. The Bertz CT molecular complexity index is 1590. The van der Waals surface area contributed by atoms with Crippen molar-refractivity contribution < 1.29 is 34.5 Å². The quantitative estimate of drug-likeness (QED) is 0.207. The molecule has 4 fully saturated rings. The topological polar surface area (TPSA) is 200 Å². The van der Waals surface area contributed by atoms with Gasteiger partial charge in [-0.2, -0.15) is 0 Å². The average Bonchev–Trinajstić information content (AvgIpc) is 3.14. The fourth-order valence-corrected chi connectivity index (χ4v) is 7.39. The van der Waals surface area contributed by atoms with Gasteiger partial charge in [-0.3, -0.25) is 38.8 Å². The van der Waals surface area contributed by atoms with Gasteiger partial charge in [0.25, 0.3) is 5.91 Å². The van der Waals surface area contributed by atoms with Crippen LogP contribution in [0, 0.1) is 10.8 Å². The number of piperidine rings is 2. The van der Waals surface area contributed by atoms with Gasteiger partial charge in [0, 0.05) is 90.1 Å². The van der Waals surface area contributed by atoms with Crippen molar-refractivity contribution in [2.24, 2.45) is 10.8 Å². The number of piperazine rings is 2. The molecule has 55 heavy (non-hydrogen) atoms. The second kappa shape index (κ2) is 18.4. The van der Waals surface area contributed by atoms with E-state index < -0.39 is 17.4 Å². The summed E-state index contributed by atoms with van der Waals surface area (Å²) >= 11 is 0. The molecule has 4 aliphatic rings. The number of hydrogen-bond acceptors (Lipinski definition) is 15. The predicted molar refractivity (Wildman–Crippen MR) is 204 cm³/mol. The summed E-state index contributed by atoms with van der Waals surface area (Å²) in [6.45, 7) is 17.2. The van der Waals surface area contributed by atoms with E-state index in [0.29, 0.717) is 37.8 Å². The van der Waals surface area contributed by atoms with Gasteiger partial charge in [-0.05, 0) is 44.2 Å². The third kappa shape index (κ3) is 11.5. The highest BCUT2D eigenvalue weighted by Crippen LogP contribution is 2.33. The lowest BCUT2D eigenvalue weighted by Crippen LogP contribution is -2.55. The first-order valence-corrected chi connectivity index (χ1v) is 19.4. The van der Waals surface area contributed by atoms with E-state index in [1.165, 1.54) is 34.6 Å². The highest BCUT2D eigenvalue weighted by atomic mass is 16.3. The molecule has 4 aliphatic heterocycles. The van der Waals surface area contributed by atoms with Crippen LogP contribution >= 0.6 is 0 Å². The molecular weight excluding hydrogens is 708 g/mol. The molecule has 302 valence electrons. The van der Waals surface area contributed by atoms with Crippen molar-refractivity contribution in [3.63, 3.8) is 0 Å². The van der Waals surface area contributed by atoms with Crippen LogP contribution in [-0.2, 0) is 19.2 Å². The van der Waals surface area contributed by atoms with Crippen LogP contribution in [0.5, 0.6) is 11.5 Å². The number of hydrogen-bond donors (Lipinski definition) is 3. The van der Waals surface area contributed by atoms with Gasteiger partial charge in [-0.25, -0.2) is 19.9 Å². The number of aliphatic hydroxyl groups excluding tert-OH is 1. The molecule has 4 saturated heterocycles. The number of rotatable bonds is 12. The number of aromatic hydroxyl groups is 2. The Morgan fingerprint density at radius 1 is 0.564 bits per heavy atom. The van der Waals surface area contributed by atoms with Crippen LogP contribution in [0.4, 0.5) is 11.9 Å². The van der Waals surface area contributed by atoms with Gasteiger partial charge >= 0.3 is 0 Å². The first kappa shape index (κ1) is 41.7. The highest BCUT2D eigenvalue weighted by Gasteiger charge is 2.45. The minimum absolute atomic E-state index is 0.0289. The summed E-state index contributed by atoms with van der Waals surface area (Å²) in [7, 11) is 0. The van der Waals surface area contributed by atoms with E-state index >= 15 is 0 Å². The van der Waals surface area contributed by atoms with Gasteiger partial charge in [0.05, 0.1) is 24.8 Å². The molecule has 0 spiro atoms. The first-order valence-electron chi connectivity index (χ1n) is 19.4. The lowest BCUT2D eigenvalue weighted by atomic mass is 9.79. The Morgan fingerprint density at radius 3 is 1.35 bits per heavy atom. The van der Waals surface area contributed by atoms with Crippen molar-refractivity contribution in [1.29, 1.82) is 0 Å². The van der Waals surface area contributed by atoms with Gasteiger partial charge in [0.2, 0.25) is 29.6 Å². The number of carbonyl (C=O) groups excluding carboxylic acids is 4. The van der Waals surface area contributed by atoms with E-state index in [-0.39, 0.29) is 41.1 Å². The summed E-state index contributed by atoms with van der Waals surface area (Å²) in [5.41, 5.74) is -0.892. The molecule has 6 heterocycles. The number of imide groups is 2. The average molecular weight is 767 g/mol. The van der Waals surface area contributed by atoms with Gasteiger partial charge < -0.3 is 25.1 Å². The molecule has 2 aromatic rings. The van der Waals surface area contributed by atoms with E-state index in [1.54, 1.807) is 13.8 Å². The van der Waals surface area contributed by atoms with E-state index in [1.807, 2.05) is 13.8 Å². The van der Waals surface area contributed by atoms with Crippen LogP contribution in [0.2, 0.25) is 0 Å². The maximum atomic E-state index is 12.3. The molecule has 4 amide bonds. The number of anilines is 2. The fraction of sp³-hybridized carbons (Fsp3) is 0.684. The molecule has 0 aliphatic carbocycles. The highest BCUT2D eigenvalue weighted by molar-refractivity contribution is 6.01. The summed E-state index contributed by atoms with van der Waals surface area (Å²) in [5.74, 6) is 0.693. The number of amides is 4. The number of unbranched alkanes of at least 4 members (excludes halogenated alkanes) is 2. The molecule has 2 aromatic heterocycles. The smallest absolute Gasteiger partial charge is 0.258 e. The Hall–Kier alpha value is -4.48. The minimum Gasteiger partial charge on any atom is -0.505 e. The van der Waals surface area contributed by atoms with E-state index in [9.17, 15) is 34.5 Å². The number of carbonyl (C=O) groups is 4. The van der Waals surface area contributed by atoms with E-state index in [4.69, 9.17) is 0 Å². The van der Waals surface area contributed by atoms with Crippen LogP contribution in [-0.4, -0.2) is 163 Å². The van der Waals surface area contributed by atoms with Crippen LogP contribution in [0.1, 0.15) is 72.6 Å². The monoisotopic (exact) mass is 766 g/mol. The summed E-state index contributed by atoms with van der Waals surface area (Å²) in [5, 5.41) is 28.7. The van der Waals surface area contributed by atoms with Crippen molar-refractivity contribution >= 4 is 35.5 Å². The van der Waals surface area contributed by atoms with Gasteiger partial charge in [-0.15, -0.1) is 0 Å². The van der Waals surface area contributed by atoms with Crippen molar-refractivity contribution in [2.75, 3.05) is 88.3 Å². The number of aliphatic hydroxyl groups is 1. The molecule has 0 bridgehead atoms. The van der Waals surface area contributed by atoms with Crippen molar-refractivity contribution in [3.8, 4) is 11.5 Å². The molecule has 17 heteroatoms. The lowest BCUT2D eigenvalue weighted by Gasteiger charge is -2.39. The zero-order valence-corrected chi connectivity index (χ0v) is 32.8. The fourth-order valence-electron chi connectivity index (χ4n) is 7.39. The van der Waals surface area contributed by atoms with Crippen molar-refractivity contribution in [2.45, 2.75) is 78.7 Å². The Kier molecular flexibility index (Phi) is 14.0. The number of nitrogens with zero attached hydrogens (tertiary/aromatic N) is 10. The third-order valence-electron chi connectivity index (χ3n) is 10.8. The van der Waals surface area contributed by atoms with Gasteiger partial charge in [-0.1, -0.05) is 27.7 Å². The molecule has 0 saturated carbocycles. The maximum Gasteiger partial charge on any atom is 0.258 e. The standard InChI is InChI=1S/C19H29N5O4.C19H29N5O3/c1-19(2)11-15(26)24(17(28)16(19)27)6-4-3-5-22-7-9-23(10-8-22)18-20-12-14(25)13-21-18;1-19(2)11-16(26)24(17(27)12-19)6-4-3-5-22-7-9-23(10-8-22)18-20-13-15(25)14-21-18/h12-13,16,25,27H,3-11H2,1-2H3;13-14,25H,3-12H2,1-2H3. The molecule has 0 radical (unpaired) electrons. The second-order valence-electron chi connectivity index (χ2n) is 16.5. The minimum atomic E-state index is -1.11. The van der Waals surface area contributed by atoms with Crippen molar-refractivity contribution in [1.82, 2.24) is 39.5 Å². The summed E-state index contributed by atoms with van der Waals surface area (Å²) in [4.78, 5) is 77.0. The van der Waals surface area contributed by atoms with Crippen molar-refractivity contribution in [3.05, 3.63) is 24.8 Å². The Morgan fingerprint density at radius 2 is 0.927 bits per heavy atom. The van der Waals surface area contributed by atoms with Gasteiger partial charge in [0.15, 0.2) is 11.5 Å². The number of aromatic nitrogens is 4. The Labute approximate surface area is 323 Å². The SMILES string of the molecule is CC1(C)CC(=O)N(CCCCN2CCN(c3ncc(O)cn3)CC2)C(=O)C1.CC1(C)CC(=O)N(CCCCN2CCN(c3ncc(O)cn3)CC2)C(=O)C1O. The maximum absolute atomic E-state index is 12.3. The molecular formula is C38H58N10O7. The summed E-state index contributed by atoms with van der Waals surface area (Å²) in [6, 6.07) is 0. The summed E-state index contributed by atoms with van der Waals surface area (Å²) < 4.78 is 0. The van der Waals surface area contributed by atoms with E-state index in [0.717, 1.165) is 91.1 Å². The zero-order chi connectivity index (χ0) is 39.8. The number of likely N-dealkylation sites (tertiary alicyclic amines) is 2. The molecule has 1 atom stereocenters. The first-order chi connectivity index (χ1) is 26.1. The molecule has 17 nitrogen and oxygen atoms in total. The second-order valence-corrected chi connectivity index (χ2v) is 16.5. The largest absolute Gasteiger partial charge is 0.505 e. The third-order valence-corrected chi connectivity index (χ3v) is 10.8. The molecule has 1 unspecified atom stereocenters. The van der Waals surface area contributed by atoms with Crippen LogP contribution in [0.15, 0.2) is 24.8 Å². The summed E-state index contributed by atoms with van der Waals surface area (Å²) in [6.07, 6.45) is 9.05. The van der Waals surface area contributed by atoms with E-state index in [2.05, 4.69) is 39.5 Å². The van der Waals surface area contributed by atoms with Crippen LogP contribution in [0.3, 0.4) is 0 Å². The molecule has 6 rings (SSSR count). The normalized spacial score (nSPS) is 22.2. The van der Waals surface area contributed by atoms with Crippen LogP contribution in [0.25, 0.3) is 0 Å². The van der Waals surface area contributed by atoms with Gasteiger partial charge in [0.1, 0.15) is 6.10 Å². The zero-order valence-electron chi connectivity index (χ0n) is 32.8. The Balaban J connectivity index is 0.000000211. The predicted octanol–water partition coefficient (Wildman–Crippen LogP) is 1.49. The lowest BCUT2D eigenvalue weighted by molar-refractivity contribution is -0.165.